The number of ether oxygens (including phenoxy) is 1. The molecule has 2 heterocycles. The molecule has 1 aromatic heterocycles. The third-order valence-corrected chi connectivity index (χ3v) is 8.73. The molecule has 38 heavy (non-hydrogen) atoms. The minimum Gasteiger partial charge on any atom is -0.464 e. The predicted molar refractivity (Wildman–Crippen MR) is 161 cm³/mol. The van der Waals surface area contributed by atoms with E-state index in [-0.39, 0.29) is 6.23 Å². The molecule has 0 saturated carbocycles. The van der Waals surface area contributed by atoms with Crippen molar-refractivity contribution < 1.29 is 4.74 Å². The van der Waals surface area contributed by atoms with Crippen molar-refractivity contribution in [3.05, 3.63) is 133 Å². The molecule has 180 valence electrons. The van der Waals surface area contributed by atoms with E-state index in [1.807, 2.05) is 29.5 Å². The lowest BCUT2D eigenvalue weighted by Crippen LogP contribution is -2.09. The van der Waals surface area contributed by atoms with Gasteiger partial charge in [-0.15, -0.1) is 11.3 Å². The lowest BCUT2D eigenvalue weighted by molar-refractivity contribution is 0.262. The van der Waals surface area contributed by atoms with Crippen molar-refractivity contribution in [1.82, 2.24) is 0 Å². The minimum atomic E-state index is -0.175. The molecule has 6 aromatic carbocycles. The van der Waals surface area contributed by atoms with Gasteiger partial charge < -0.3 is 10.1 Å². The zero-order valence-corrected chi connectivity index (χ0v) is 21.3. The van der Waals surface area contributed by atoms with Gasteiger partial charge in [0.05, 0.1) is 5.69 Å². The Morgan fingerprint density at radius 3 is 2.29 bits per heavy atom. The van der Waals surface area contributed by atoms with Crippen LogP contribution in [0.1, 0.15) is 11.8 Å². The van der Waals surface area contributed by atoms with E-state index in [4.69, 9.17) is 4.74 Å². The van der Waals surface area contributed by atoms with E-state index in [1.54, 1.807) is 0 Å². The first-order valence-corrected chi connectivity index (χ1v) is 13.7. The molecule has 2 nitrogen and oxygen atoms in total. The molecule has 1 aliphatic rings. The largest absolute Gasteiger partial charge is 0.464 e. The fraction of sp³-hybridized carbons (Fsp3) is 0.0286. The Labute approximate surface area is 224 Å². The number of fused-ring (bicyclic) bond motifs is 6. The van der Waals surface area contributed by atoms with Crippen molar-refractivity contribution in [2.45, 2.75) is 6.23 Å². The number of hydrogen-bond acceptors (Lipinski definition) is 3. The maximum Gasteiger partial charge on any atom is 0.196 e. The first kappa shape index (κ1) is 21.5. The highest BCUT2D eigenvalue weighted by Crippen LogP contribution is 2.45. The van der Waals surface area contributed by atoms with Gasteiger partial charge in [-0.25, -0.2) is 0 Å². The maximum atomic E-state index is 6.46. The Bertz CT molecular complexity index is 1990. The van der Waals surface area contributed by atoms with Crippen LogP contribution in [0.15, 0.2) is 127 Å². The second kappa shape index (κ2) is 8.47. The number of hydrogen-bond donors (Lipinski definition) is 1. The van der Waals surface area contributed by atoms with Gasteiger partial charge in [-0.2, -0.15) is 0 Å². The minimum absolute atomic E-state index is 0.175. The molecule has 1 aliphatic heterocycles. The number of thiophene rings is 1. The molecule has 0 fully saturated rings. The average molecular weight is 506 g/mol. The highest BCUT2D eigenvalue weighted by atomic mass is 32.1. The second-order valence-corrected chi connectivity index (χ2v) is 10.8. The Hall–Kier alpha value is -4.60. The average Bonchev–Trinajstić information content (AvgIpc) is 3.60. The molecule has 0 radical (unpaired) electrons. The highest BCUT2D eigenvalue weighted by molar-refractivity contribution is 7.26. The van der Waals surface area contributed by atoms with Gasteiger partial charge in [-0.1, -0.05) is 103 Å². The summed E-state index contributed by atoms with van der Waals surface area (Å²) in [5.74, 6) is 0.921. The van der Waals surface area contributed by atoms with E-state index >= 15 is 0 Å². The van der Waals surface area contributed by atoms with E-state index in [1.165, 1.54) is 47.8 Å². The maximum absolute atomic E-state index is 6.46. The number of nitrogens with one attached hydrogen (secondary N) is 1. The van der Waals surface area contributed by atoms with Crippen LogP contribution in [0.5, 0.6) is 5.75 Å². The van der Waals surface area contributed by atoms with Gasteiger partial charge in [0.2, 0.25) is 0 Å². The number of rotatable bonds is 3. The Morgan fingerprint density at radius 2 is 1.34 bits per heavy atom. The summed E-state index contributed by atoms with van der Waals surface area (Å²) < 4.78 is 9.13. The van der Waals surface area contributed by atoms with Gasteiger partial charge in [-0.3, -0.25) is 0 Å². The molecule has 0 amide bonds. The lowest BCUT2D eigenvalue weighted by Gasteiger charge is -2.12. The molecular formula is C35H23NOS. The monoisotopic (exact) mass is 505 g/mol. The summed E-state index contributed by atoms with van der Waals surface area (Å²) in [4.78, 5) is 0. The second-order valence-electron chi connectivity index (χ2n) is 9.79. The Kier molecular flexibility index (Phi) is 4.79. The summed E-state index contributed by atoms with van der Waals surface area (Å²) >= 11 is 1.87. The lowest BCUT2D eigenvalue weighted by atomic mass is 9.96. The molecule has 8 rings (SSSR count). The molecule has 1 N–H and O–H groups in total. The number of benzene rings is 6. The van der Waals surface area contributed by atoms with Crippen molar-refractivity contribution in [1.29, 1.82) is 0 Å². The van der Waals surface area contributed by atoms with Gasteiger partial charge in [0.15, 0.2) is 12.0 Å². The Balaban J connectivity index is 1.22. The molecule has 1 atom stereocenters. The van der Waals surface area contributed by atoms with Gasteiger partial charge in [0.1, 0.15) is 0 Å². The van der Waals surface area contributed by atoms with Gasteiger partial charge in [0, 0.05) is 31.1 Å². The van der Waals surface area contributed by atoms with Crippen LogP contribution in [0.25, 0.3) is 53.2 Å². The van der Waals surface area contributed by atoms with E-state index in [0.29, 0.717) is 0 Å². The molecular weight excluding hydrogens is 482 g/mol. The molecule has 0 aliphatic carbocycles. The summed E-state index contributed by atoms with van der Waals surface area (Å²) in [6.45, 7) is 0. The van der Waals surface area contributed by atoms with Gasteiger partial charge in [0.25, 0.3) is 0 Å². The smallest absolute Gasteiger partial charge is 0.196 e. The van der Waals surface area contributed by atoms with Crippen LogP contribution in [0.2, 0.25) is 0 Å². The number of anilines is 1. The van der Waals surface area contributed by atoms with Crippen molar-refractivity contribution >= 4 is 48.0 Å². The topological polar surface area (TPSA) is 21.3 Å². The van der Waals surface area contributed by atoms with Crippen molar-refractivity contribution in [2.75, 3.05) is 5.32 Å². The van der Waals surface area contributed by atoms with Crippen molar-refractivity contribution in [3.8, 4) is 28.0 Å². The summed E-state index contributed by atoms with van der Waals surface area (Å²) in [7, 11) is 0. The summed E-state index contributed by atoms with van der Waals surface area (Å²) in [5, 5.41) is 8.50. The molecule has 3 heteroatoms. The summed E-state index contributed by atoms with van der Waals surface area (Å²) in [5.41, 5.74) is 7.06. The first-order chi connectivity index (χ1) is 18.8. The third kappa shape index (κ3) is 3.40. The normalized spacial score (nSPS) is 14.5. The van der Waals surface area contributed by atoms with Crippen LogP contribution in [-0.2, 0) is 0 Å². The highest BCUT2D eigenvalue weighted by Gasteiger charge is 2.25. The van der Waals surface area contributed by atoms with Crippen LogP contribution in [0, 0.1) is 0 Å². The van der Waals surface area contributed by atoms with E-state index < -0.39 is 0 Å². The van der Waals surface area contributed by atoms with E-state index in [0.717, 1.165) is 22.4 Å². The summed E-state index contributed by atoms with van der Waals surface area (Å²) in [6.07, 6.45) is -0.175. The van der Waals surface area contributed by atoms with Crippen LogP contribution >= 0.6 is 11.3 Å². The zero-order chi connectivity index (χ0) is 25.1. The third-order valence-electron chi connectivity index (χ3n) is 7.51. The van der Waals surface area contributed by atoms with Crippen LogP contribution in [0.3, 0.4) is 0 Å². The van der Waals surface area contributed by atoms with Crippen LogP contribution in [0.4, 0.5) is 5.69 Å². The van der Waals surface area contributed by atoms with E-state index in [2.05, 4.69) is 115 Å². The van der Waals surface area contributed by atoms with Gasteiger partial charge >= 0.3 is 0 Å². The van der Waals surface area contributed by atoms with Crippen molar-refractivity contribution in [2.24, 2.45) is 0 Å². The van der Waals surface area contributed by atoms with Gasteiger partial charge in [-0.05, 0) is 51.9 Å². The summed E-state index contributed by atoms with van der Waals surface area (Å²) in [6, 6.07) is 45.5. The molecule has 7 aromatic rings. The van der Waals surface area contributed by atoms with Crippen LogP contribution in [-0.4, -0.2) is 0 Å². The fourth-order valence-electron chi connectivity index (χ4n) is 5.62. The van der Waals surface area contributed by atoms with E-state index in [9.17, 15) is 0 Å². The quantitative estimate of drug-likeness (QED) is 0.258. The predicted octanol–water partition coefficient (Wildman–Crippen LogP) is 10.0. The van der Waals surface area contributed by atoms with Crippen LogP contribution < -0.4 is 10.1 Å². The SMILES string of the molecule is c1ccc(C2Nc3ccc4ccc(-c5cccc(-c6cccc7c6sc6ccccc67)c5)cc4c3O2)cc1. The molecule has 0 bridgehead atoms. The zero-order valence-electron chi connectivity index (χ0n) is 20.5. The first-order valence-electron chi connectivity index (χ1n) is 12.9. The molecule has 0 saturated heterocycles. The Morgan fingerprint density at radius 1 is 0.579 bits per heavy atom. The molecule has 1 unspecified atom stereocenters. The fourth-order valence-corrected chi connectivity index (χ4v) is 6.86. The molecule has 0 spiro atoms. The standard InChI is InChI=1S/C35H23NOS/c1-2-8-23(9-3-1)35-36-31-19-18-22-16-17-25(21-30(22)33(31)37-35)24-10-6-11-26(20-24)27-13-7-14-29-28-12-4-5-15-32(28)38-34(27)29/h1-21,35-36H. The van der Waals surface area contributed by atoms with Crippen molar-refractivity contribution in [3.63, 3.8) is 0 Å².